The summed E-state index contributed by atoms with van der Waals surface area (Å²) in [6.07, 6.45) is 2.94. The molecule has 2 aromatic rings. The lowest BCUT2D eigenvalue weighted by molar-refractivity contribution is 0.316. The molecule has 0 aromatic carbocycles. The second-order valence-electron chi connectivity index (χ2n) is 4.38. The van der Waals surface area contributed by atoms with Crippen LogP contribution in [0.5, 0.6) is 6.01 Å². The first kappa shape index (κ1) is 9.63. The van der Waals surface area contributed by atoms with Crippen LogP contribution in [0.2, 0.25) is 0 Å². The van der Waals surface area contributed by atoms with Gasteiger partial charge in [-0.15, -0.1) is 0 Å². The molecule has 4 heteroatoms. The first-order valence-corrected chi connectivity index (χ1v) is 5.69. The molecule has 0 saturated heterocycles. The van der Waals surface area contributed by atoms with Crippen LogP contribution in [0.1, 0.15) is 30.5 Å². The van der Waals surface area contributed by atoms with Crippen molar-refractivity contribution in [3.05, 3.63) is 17.3 Å². The Morgan fingerprint density at radius 2 is 2.31 bits per heavy atom. The SMILES string of the molecule is CCC1COc2nc3ncc(C)c(C)c3n21. The van der Waals surface area contributed by atoms with Gasteiger partial charge < -0.3 is 4.74 Å². The standard InChI is InChI=1S/C12H15N3O/c1-4-9-6-16-12-14-11-10(15(9)12)8(3)7(2)5-13-11/h5,9H,4,6H2,1-3H3. The summed E-state index contributed by atoms with van der Waals surface area (Å²) in [5.74, 6) is 0. The van der Waals surface area contributed by atoms with Crippen LogP contribution in [0.4, 0.5) is 0 Å². The molecule has 3 rings (SSSR count). The van der Waals surface area contributed by atoms with E-state index >= 15 is 0 Å². The summed E-state index contributed by atoms with van der Waals surface area (Å²) in [5, 5.41) is 0. The van der Waals surface area contributed by atoms with E-state index in [0.717, 1.165) is 30.2 Å². The number of pyridine rings is 1. The fraction of sp³-hybridized carbons (Fsp3) is 0.500. The van der Waals surface area contributed by atoms with Gasteiger partial charge in [0, 0.05) is 6.20 Å². The zero-order valence-electron chi connectivity index (χ0n) is 9.82. The van der Waals surface area contributed by atoms with Gasteiger partial charge in [0.15, 0.2) is 5.65 Å². The number of aromatic nitrogens is 3. The molecule has 0 amide bonds. The van der Waals surface area contributed by atoms with Crippen LogP contribution in [0.25, 0.3) is 11.2 Å². The van der Waals surface area contributed by atoms with E-state index in [4.69, 9.17) is 4.74 Å². The van der Waals surface area contributed by atoms with E-state index in [1.54, 1.807) is 0 Å². The van der Waals surface area contributed by atoms with Gasteiger partial charge in [-0.25, -0.2) is 4.98 Å². The second kappa shape index (κ2) is 3.20. The second-order valence-corrected chi connectivity index (χ2v) is 4.38. The molecule has 1 aliphatic rings. The van der Waals surface area contributed by atoms with Crippen molar-refractivity contribution >= 4 is 11.2 Å². The summed E-state index contributed by atoms with van der Waals surface area (Å²) in [7, 11) is 0. The number of nitrogens with zero attached hydrogens (tertiary/aromatic N) is 3. The third-order valence-corrected chi connectivity index (χ3v) is 3.43. The fourth-order valence-electron chi connectivity index (χ4n) is 2.27. The molecule has 1 atom stereocenters. The summed E-state index contributed by atoms with van der Waals surface area (Å²) in [5.41, 5.74) is 4.40. The Morgan fingerprint density at radius 3 is 3.06 bits per heavy atom. The van der Waals surface area contributed by atoms with Crippen molar-refractivity contribution in [2.75, 3.05) is 6.61 Å². The molecule has 1 unspecified atom stereocenters. The first-order chi connectivity index (χ1) is 7.72. The zero-order chi connectivity index (χ0) is 11.3. The van der Waals surface area contributed by atoms with E-state index in [2.05, 4.69) is 35.3 Å². The highest BCUT2D eigenvalue weighted by Crippen LogP contribution is 2.34. The predicted octanol–water partition coefficient (Wildman–Crippen LogP) is 2.39. The van der Waals surface area contributed by atoms with E-state index < -0.39 is 0 Å². The number of rotatable bonds is 1. The Balaban J connectivity index is 2.36. The van der Waals surface area contributed by atoms with E-state index in [0.29, 0.717) is 6.04 Å². The number of fused-ring (bicyclic) bond motifs is 3. The maximum atomic E-state index is 5.59. The van der Waals surface area contributed by atoms with E-state index in [-0.39, 0.29) is 0 Å². The Kier molecular flexibility index (Phi) is 1.93. The zero-order valence-corrected chi connectivity index (χ0v) is 9.82. The highest BCUT2D eigenvalue weighted by Gasteiger charge is 2.27. The quantitative estimate of drug-likeness (QED) is 0.736. The summed E-state index contributed by atoms with van der Waals surface area (Å²) >= 11 is 0. The highest BCUT2D eigenvalue weighted by atomic mass is 16.5. The highest BCUT2D eigenvalue weighted by molar-refractivity contribution is 5.78. The average molecular weight is 217 g/mol. The van der Waals surface area contributed by atoms with E-state index in [1.165, 1.54) is 11.1 Å². The van der Waals surface area contributed by atoms with Gasteiger partial charge >= 0.3 is 0 Å². The van der Waals surface area contributed by atoms with Crippen molar-refractivity contribution in [2.45, 2.75) is 33.2 Å². The van der Waals surface area contributed by atoms with Gasteiger partial charge in [0.1, 0.15) is 6.61 Å². The smallest absolute Gasteiger partial charge is 0.299 e. The van der Waals surface area contributed by atoms with Crippen LogP contribution in [-0.4, -0.2) is 21.1 Å². The van der Waals surface area contributed by atoms with Gasteiger partial charge in [0.2, 0.25) is 0 Å². The van der Waals surface area contributed by atoms with Gasteiger partial charge in [-0.2, -0.15) is 4.98 Å². The van der Waals surface area contributed by atoms with Gasteiger partial charge in [0.05, 0.1) is 11.6 Å². The number of aryl methyl sites for hydroxylation is 2. The van der Waals surface area contributed by atoms with Crippen LogP contribution in [0, 0.1) is 13.8 Å². The molecule has 84 valence electrons. The molecular formula is C12H15N3O. The molecule has 16 heavy (non-hydrogen) atoms. The molecule has 1 aliphatic heterocycles. The third kappa shape index (κ3) is 1.10. The van der Waals surface area contributed by atoms with Crippen molar-refractivity contribution in [3.63, 3.8) is 0 Å². The predicted molar refractivity (Wildman–Crippen MR) is 61.8 cm³/mol. The van der Waals surface area contributed by atoms with Gasteiger partial charge in [0.25, 0.3) is 6.01 Å². The van der Waals surface area contributed by atoms with Gasteiger partial charge in [-0.05, 0) is 31.4 Å². The van der Waals surface area contributed by atoms with Gasteiger partial charge in [-0.3, -0.25) is 4.57 Å². The number of hydrogen-bond donors (Lipinski definition) is 0. The Bertz CT molecular complexity index is 559. The topological polar surface area (TPSA) is 39.9 Å². The van der Waals surface area contributed by atoms with E-state index in [1.807, 2.05) is 6.20 Å². The minimum absolute atomic E-state index is 0.405. The molecule has 0 radical (unpaired) electrons. The lowest BCUT2D eigenvalue weighted by Crippen LogP contribution is -2.06. The molecule has 3 heterocycles. The molecule has 0 spiro atoms. The lowest BCUT2D eigenvalue weighted by atomic mass is 10.1. The molecule has 0 N–H and O–H groups in total. The van der Waals surface area contributed by atoms with Crippen molar-refractivity contribution in [2.24, 2.45) is 0 Å². The summed E-state index contributed by atoms with van der Waals surface area (Å²) in [6, 6.07) is 1.13. The molecule has 4 nitrogen and oxygen atoms in total. The van der Waals surface area contributed by atoms with Crippen LogP contribution in [-0.2, 0) is 0 Å². The average Bonchev–Trinajstić information content (AvgIpc) is 2.81. The fourth-order valence-corrected chi connectivity index (χ4v) is 2.27. The Labute approximate surface area is 94.3 Å². The van der Waals surface area contributed by atoms with Gasteiger partial charge in [-0.1, -0.05) is 6.92 Å². The molecular weight excluding hydrogens is 202 g/mol. The maximum absolute atomic E-state index is 5.59. The monoisotopic (exact) mass is 217 g/mol. The lowest BCUT2D eigenvalue weighted by Gasteiger charge is -2.10. The number of imidazole rings is 1. The summed E-state index contributed by atoms with van der Waals surface area (Å²) in [6.45, 7) is 7.12. The Morgan fingerprint density at radius 1 is 1.50 bits per heavy atom. The molecule has 0 bridgehead atoms. The first-order valence-electron chi connectivity index (χ1n) is 5.69. The molecule has 0 aliphatic carbocycles. The third-order valence-electron chi connectivity index (χ3n) is 3.43. The van der Waals surface area contributed by atoms with Crippen molar-refractivity contribution in [3.8, 4) is 6.01 Å². The summed E-state index contributed by atoms with van der Waals surface area (Å²) < 4.78 is 7.79. The summed E-state index contributed by atoms with van der Waals surface area (Å²) in [4.78, 5) is 8.78. The van der Waals surface area contributed by atoms with Crippen molar-refractivity contribution < 1.29 is 4.74 Å². The molecule has 0 saturated carbocycles. The van der Waals surface area contributed by atoms with Crippen LogP contribution in [0.15, 0.2) is 6.20 Å². The minimum Gasteiger partial charge on any atom is -0.462 e. The Hall–Kier alpha value is -1.58. The van der Waals surface area contributed by atoms with Crippen LogP contribution in [0.3, 0.4) is 0 Å². The molecule has 2 aromatic heterocycles. The minimum atomic E-state index is 0.405. The van der Waals surface area contributed by atoms with Crippen molar-refractivity contribution in [1.82, 2.24) is 14.5 Å². The maximum Gasteiger partial charge on any atom is 0.299 e. The molecule has 0 fully saturated rings. The number of ether oxygens (including phenoxy) is 1. The normalized spacial score (nSPS) is 18.8. The van der Waals surface area contributed by atoms with E-state index in [9.17, 15) is 0 Å². The van der Waals surface area contributed by atoms with Crippen LogP contribution >= 0.6 is 0 Å². The van der Waals surface area contributed by atoms with Crippen LogP contribution < -0.4 is 4.74 Å². The number of hydrogen-bond acceptors (Lipinski definition) is 3. The van der Waals surface area contributed by atoms with Crippen molar-refractivity contribution in [1.29, 1.82) is 0 Å². The largest absolute Gasteiger partial charge is 0.462 e.